The van der Waals surface area contributed by atoms with Crippen LogP contribution in [-0.4, -0.2) is 9.91 Å². The van der Waals surface area contributed by atoms with Crippen molar-refractivity contribution in [2.45, 2.75) is 6.92 Å². The predicted molar refractivity (Wildman–Crippen MR) is 95.6 cm³/mol. The van der Waals surface area contributed by atoms with Crippen molar-refractivity contribution in [2.75, 3.05) is 5.73 Å². The van der Waals surface area contributed by atoms with Gasteiger partial charge in [0.1, 0.15) is 23.3 Å². The van der Waals surface area contributed by atoms with Gasteiger partial charge in [-0.05, 0) is 42.8 Å². The van der Waals surface area contributed by atoms with Crippen molar-refractivity contribution in [3.8, 4) is 28.5 Å². The van der Waals surface area contributed by atoms with Crippen LogP contribution in [0.2, 0.25) is 0 Å². The summed E-state index contributed by atoms with van der Waals surface area (Å²) < 4.78 is 13.2. The molecule has 3 rings (SSSR count). The summed E-state index contributed by atoms with van der Waals surface area (Å²) in [7, 11) is 0. The summed E-state index contributed by atoms with van der Waals surface area (Å²) >= 11 is 0. The van der Waals surface area contributed by atoms with E-state index in [1.54, 1.807) is 37.3 Å². The number of anilines is 1. The molecule has 0 unspecified atom stereocenters. The van der Waals surface area contributed by atoms with E-state index in [1.165, 1.54) is 18.2 Å². The van der Waals surface area contributed by atoms with Crippen LogP contribution < -0.4 is 5.73 Å². The monoisotopic (exact) mass is 348 g/mol. The number of pyridine rings is 1. The number of halogens is 1. The van der Waals surface area contributed by atoms with Gasteiger partial charge in [-0.3, -0.25) is 10.1 Å². The normalized spacial score (nSPS) is 10.3. The highest BCUT2D eigenvalue weighted by molar-refractivity contribution is 5.87. The number of aromatic nitrogens is 1. The first-order valence-electron chi connectivity index (χ1n) is 7.64. The first kappa shape index (κ1) is 17.0. The van der Waals surface area contributed by atoms with Gasteiger partial charge in [0.2, 0.25) is 0 Å². The van der Waals surface area contributed by atoms with Crippen LogP contribution in [0.4, 0.5) is 15.9 Å². The molecule has 3 aromatic rings. The van der Waals surface area contributed by atoms with E-state index in [4.69, 9.17) is 5.73 Å². The number of para-hydroxylation sites is 1. The molecule has 0 saturated heterocycles. The molecule has 2 aromatic carbocycles. The van der Waals surface area contributed by atoms with E-state index < -0.39 is 10.7 Å². The molecule has 0 spiro atoms. The topological polar surface area (TPSA) is 106 Å². The van der Waals surface area contributed by atoms with Crippen molar-refractivity contribution in [2.24, 2.45) is 0 Å². The van der Waals surface area contributed by atoms with Crippen molar-refractivity contribution >= 4 is 11.5 Å². The Morgan fingerprint density at radius 3 is 2.46 bits per heavy atom. The number of rotatable bonds is 3. The van der Waals surface area contributed by atoms with Gasteiger partial charge < -0.3 is 5.73 Å². The molecule has 2 N–H and O–H groups in total. The molecule has 128 valence electrons. The first-order valence-corrected chi connectivity index (χ1v) is 7.64. The van der Waals surface area contributed by atoms with E-state index in [2.05, 4.69) is 4.98 Å². The van der Waals surface area contributed by atoms with Gasteiger partial charge in [0.05, 0.1) is 16.2 Å². The van der Waals surface area contributed by atoms with Crippen LogP contribution in [0.1, 0.15) is 11.1 Å². The third-order valence-electron chi connectivity index (χ3n) is 4.07. The third-order valence-corrected chi connectivity index (χ3v) is 4.07. The van der Waals surface area contributed by atoms with Crippen LogP contribution in [0.15, 0.2) is 48.5 Å². The number of nitrogens with zero attached hydrogens (tertiary/aromatic N) is 3. The van der Waals surface area contributed by atoms with E-state index in [0.717, 1.165) is 0 Å². The molecule has 0 amide bonds. The maximum Gasteiger partial charge on any atom is 0.277 e. The lowest BCUT2D eigenvalue weighted by Gasteiger charge is -2.15. The van der Waals surface area contributed by atoms with Crippen molar-refractivity contribution in [3.63, 3.8) is 0 Å². The molecule has 0 saturated carbocycles. The Hall–Kier alpha value is -3.79. The van der Waals surface area contributed by atoms with Gasteiger partial charge in [0.15, 0.2) is 0 Å². The van der Waals surface area contributed by atoms with Gasteiger partial charge >= 0.3 is 0 Å². The van der Waals surface area contributed by atoms with Crippen LogP contribution in [-0.2, 0) is 0 Å². The number of hydrogen-bond donors (Lipinski definition) is 1. The minimum atomic E-state index is -0.510. The third kappa shape index (κ3) is 2.84. The Labute approximate surface area is 148 Å². The zero-order chi connectivity index (χ0) is 18.8. The number of benzene rings is 2. The second-order valence-corrected chi connectivity index (χ2v) is 5.61. The van der Waals surface area contributed by atoms with Gasteiger partial charge in [-0.15, -0.1) is 0 Å². The molecule has 0 bridgehead atoms. The molecular formula is C19H13FN4O2. The number of nitriles is 1. The van der Waals surface area contributed by atoms with E-state index in [9.17, 15) is 19.8 Å². The molecule has 0 radical (unpaired) electrons. The molecule has 0 aliphatic heterocycles. The van der Waals surface area contributed by atoms with Gasteiger partial charge in [0, 0.05) is 17.2 Å². The lowest BCUT2D eigenvalue weighted by molar-refractivity contribution is -0.384. The highest BCUT2D eigenvalue weighted by atomic mass is 19.1. The molecular weight excluding hydrogens is 335 g/mol. The SMILES string of the molecule is Cc1c(-c2ccc(F)cc2)nc(N)c(C#N)c1-c1ccccc1[N+](=O)[O-]. The van der Waals surface area contributed by atoms with E-state index in [-0.39, 0.29) is 22.6 Å². The Kier molecular flexibility index (Phi) is 4.33. The lowest BCUT2D eigenvalue weighted by atomic mass is 9.92. The lowest BCUT2D eigenvalue weighted by Crippen LogP contribution is -2.04. The zero-order valence-electron chi connectivity index (χ0n) is 13.7. The van der Waals surface area contributed by atoms with Crippen molar-refractivity contribution < 1.29 is 9.31 Å². The van der Waals surface area contributed by atoms with Gasteiger partial charge in [-0.1, -0.05) is 12.1 Å². The van der Waals surface area contributed by atoms with Crippen LogP contribution in [0.3, 0.4) is 0 Å². The summed E-state index contributed by atoms with van der Waals surface area (Å²) in [6.45, 7) is 1.71. The molecule has 0 atom stereocenters. The summed E-state index contributed by atoms with van der Waals surface area (Å²) in [5.74, 6) is -0.433. The van der Waals surface area contributed by atoms with E-state index >= 15 is 0 Å². The largest absolute Gasteiger partial charge is 0.383 e. The Bertz CT molecular complexity index is 1060. The fraction of sp³-hybridized carbons (Fsp3) is 0.0526. The Morgan fingerprint density at radius 2 is 1.85 bits per heavy atom. The smallest absolute Gasteiger partial charge is 0.277 e. The number of nitro benzene ring substituents is 1. The van der Waals surface area contributed by atoms with Gasteiger partial charge in [-0.25, -0.2) is 9.37 Å². The average Bonchev–Trinajstić information content (AvgIpc) is 2.63. The molecule has 7 heteroatoms. The molecule has 1 aromatic heterocycles. The maximum absolute atomic E-state index is 13.2. The second kappa shape index (κ2) is 6.61. The molecule has 0 fully saturated rings. The highest BCUT2D eigenvalue weighted by Gasteiger charge is 2.23. The van der Waals surface area contributed by atoms with Crippen molar-refractivity contribution in [1.29, 1.82) is 5.26 Å². The number of nitrogens with two attached hydrogens (primary N) is 1. The standard InChI is InChI=1S/C19H13FN4O2/c1-11-17(14-4-2-3-5-16(14)24(25)26)15(10-21)19(22)23-18(11)12-6-8-13(20)9-7-12/h2-9H,1H3,(H2,22,23). The zero-order valence-corrected chi connectivity index (χ0v) is 13.7. The number of nitro groups is 1. The molecule has 6 nitrogen and oxygen atoms in total. The summed E-state index contributed by atoms with van der Waals surface area (Å²) in [6.07, 6.45) is 0. The van der Waals surface area contributed by atoms with Crippen LogP contribution >= 0.6 is 0 Å². The minimum absolute atomic E-state index is 0.0365. The minimum Gasteiger partial charge on any atom is -0.383 e. The summed E-state index contributed by atoms with van der Waals surface area (Å²) in [5.41, 5.74) is 8.11. The Balaban J connectivity index is 2.37. The van der Waals surface area contributed by atoms with E-state index in [0.29, 0.717) is 22.4 Å². The Morgan fingerprint density at radius 1 is 1.19 bits per heavy atom. The molecule has 1 heterocycles. The van der Waals surface area contributed by atoms with Gasteiger partial charge in [-0.2, -0.15) is 5.26 Å². The molecule has 26 heavy (non-hydrogen) atoms. The van der Waals surface area contributed by atoms with Crippen molar-refractivity contribution in [1.82, 2.24) is 4.98 Å². The summed E-state index contributed by atoms with van der Waals surface area (Å²) in [5, 5.41) is 20.9. The maximum atomic E-state index is 13.2. The van der Waals surface area contributed by atoms with Crippen LogP contribution in [0, 0.1) is 34.2 Å². The fourth-order valence-electron chi connectivity index (χ4n) is 2.88. The van der Waals surface area contributed by atoms with Crippen molar-refractivity contribution in [3.05, 3.63) is 75.6 Å². The molecule has 0 aliphatic rings. The average molecular weight is 348 g/mol. The highest BCUT2D eigenvalue weighted by Crippen LogP contribution is 2.39. The summed E-state index contributed by atoms with van der Waals surface area (Å²) in [4.78, 5) is 15.2. The predicted octanol–water partition coefficient (Wildman–Crippen LogP) is 4.23. The fourth-order valence-corrected chi connectivity index (χ4v) is 2.88. The quantitative estimate of drug-likeness (QED) is 0.563. The number of nitrogen functional groups attached to an aromatic ring is 1. The summed E-state index contributed by atoms with van der Waals surface area (Å²) in [6, 6.07) is 13.8. The van der Waals surface area contributed by atoms with Gasteiger partial charge in [0.25, 0.3) is 5.69 Å². The number of hydrogen-bond acceptors (Lipinski definition) is 5. The van der Waals surface area contributed by atoms with E-state index in [1.807, 2.05) is 6.07 Å². The van der Waals surface area contributed by atoms with Crippen LogP contribution in [0.25, 0.3) is 22.4 Å². The first-order chi connectivity index (χ1) is 12.4. The molecule has 0 aliphatic carbocycles. The second-order valence-electron chi connectivity index (χ2n) is 5.61. The van der Waals surface area contributed by atoms with Crippen LogP contribution in [0.5, 0.6) is 0 Å².